The number of hydrogen-bond acceptors (Lipinski definition) is 4. The molecule has 1 N–H and O–H groups in total. The highest BCUT2D eigenvalue weighted by atomic mass is 32.1. The van der Waals surface area contributed by atoms with Crippen LogP contribution < -0.4 is 10.2 Å². The summed E-state index contributed by atoms with van der Waals surface area (Å²) in [6.45, 7) is 1.14. The molecule has 1 amide bonds. The van der Waals surface area contributed by atoms with Crippen LogP contribution in [0.25, 0.3) is 0 Å². The number of nitrogens with zero attached hydrogens (tertiary/aromatic N) is 2. The van der Waals surface area contributed by atoms with E-state index in [0.717, 1.165) is 30.6 Å². The molecule has 3 rings (SSSR count). The van der Waals surface area contributed by atoms with Gasteiger partial charge in [-0.05, 0) is 25.0 Å². The van der Waals surface area contributed by atoms with E-state index in [1.807, 2.05) is 5.38 Å². The number of hydrogen-bond donors (Lipinski definition) is 1. The number of nitrogens with one attached hydrogen (secondary N) is 1. The van der Waals surface area contributed by atoms with Crippen LogP contribution in [0.1, 0.15) is 28.8 Å². The Morgan fingerprint density at radius 1 is 1.38 bits per heavy atom. The molecule has 0 radical (unpaired) electrons. The highest BCUT2D eigenvalue weighted by Crippen LogP contribution is 2.32. The van der Waals surface area contributed by atoms with Gasteiger partial charge in [-0.15, -0.1) is 11.3 Å². The molecule has 0 spiro atoms. The van der Waals surface area contributed by atoms with Gasteiger partial charge in [-0.2, -0.15) is 13.2 Å². The van der Waals surface area contributed by atoms with Crippen LogP contribution in [-0.4, -0.2) is 30.0 Å². The van der Waals surface area contributed by atoms with Gasteiger partial charge in [0.25, 0.3) is 5.91 Å². The molecule has 4 nitrogen and oxygen atoms in total. The van der Waals surface area contributed by atoms with Crippen molar-refractivity contribution in [1.82, 2.24) is 10.3 Å². The Morgan fingerprint density at radius 3 is 2.88 bits per heavy atom. The lowest BCUT2D eigenvalue weighted by Crippen LogP contribution is -2.40. The maximum Gasteiger partial charge on any atom is 0.417 e. The van der Waals surface area contributed by atoms with E-state index in [0.29, 0.717) is 6.54 Å². The maximum absolute atomic E-state index is 13.0. The van der Waals surface area contributed by atoms with Crippen LogP contribution in [0.2, 0.25) is 0 Å². The summed E-state index contributed by atoms with van der Waals surface area (Å²) >= 11 is 1.51. The van der Waals surface area contributed by atoms with Gasteiger partial charge in [0.1, 0.15) is 0 Å². The SMILES string of the molecule is O=C(NC[C@H]1CCCN1c1nccs1)c1ccccc1C(F)(F)F. The van der Waals surface area contributed by atoms with Crippen LogP contribution in [-0.2, 0) is 6.18 Å². The van der Waals surface area contributed by atoms with Gasteiger partial charge in [0.05, 0.1) is 11.1 Å². The monoisotopic (exact) mass is 355 g/mol. The summed E-state index contributed by atoms with van der Waals surface area (Å²) in [5, 5.41) is 5.40. The summed E-state index contributed by atoms with van der Waals surface area (Å²) < 4.78 is 39.0. The fourth-order valence-corrected chi connectivity index (χ4v) is 3.63. The Hall–Kier alpha value is -2.09. The van der Waals surface area contributed by atoms with E-state index in [1.54, 1.807) is 6.20 Å². The molecule has 24 heavy (non-hydrogen) atoms. The quantitative estimate of drug-likeness (QED) is 0.912. The first-order chi connectivity index (χ1) is 11.5. The number of thiazole rings is 1. The minimum absolute atomic E-state index is 0.0538. The van der Waals surface area contributed by atoms with Crippen molar-refractivity contribution >= 4 is 22.4 Å². The molecule has 8 heteroatoms. The first-order valence-corrected chi connectivity index (χ1v) is 8.45. The van der Waals surface area contributed by atoms with Crippen molar-refractivity contribution < 1.29 is 18.0 Å². The fourth-order valence-electron chi connectivity index (χ4n) is 2.89. The van der Waals surface area contributed by atoms with Crippen LogP contribution in [0.5, 0.6) is 0 Å². The van der Waals surface area contributed by atoms with Crippen molar-refractivity contribution in [3.63, 3.8) is 0 Å². The Labute approximate surface area is 141 Å². The van der Waals surface area contributed by atoms with Crippen molar-refractivity contribution in [2.75, 3.05) is 18.0 Å². The molecular formula is C16H16F3N3OS. The van der Waals surface area contributed by atoms with Gasteiger partial charge in [0, 0.05) is 30.7 Å². The van der Waals surface area contributed by atoms with Crippen molar-refractivity contribution in [1.29, 1.82) is 0 Å². The molecule has 0 bridgehead atoms. The van der Waals surface area contributed by atoms with Crippen LogP contribution in [0.15, 0.2) is 35.8 Å². The van der Waals surface area contributed by atoms with Crippen LogP contribution >= 0.6 is 11.3 Å². The molecule has 0 saturated carbocycles. The number of aromatic nitrogens is 1. The third kappa shape index (κ3) is 3.53. The minimum Gasteiger partial charge on any atom is -0.350 e. The molecule has 1 saturated heterocycles. The van der Waals surface area contributed by atoms with Gasteiger partial charge in [0.15, 0.2) is 5.13 Å². The topological polar surface area (TPSA) is 45.2 Å². The van der Waals surface area contributed by atoms with E-state index in [1.165, 1.54) is 29.5 Å². The second-order valence-corrected chi connectivity index (χ2v) is 6.43. The van der Waals surface area contributed by atoms with E-state index in [-0.39, 0.29) is 11.6 Å². The molecule has 1 aromatic heterocycles. The second-order valence-electron chi connectivity index (χ2n) is 5.56. The molecule has 1 fully saturated rings. The highest BCUT2D eigenvalue weighted by Gasteiger charge is 2.35. The number of alkyl halides is 3. The minimum atomic E-state index is -4.55. The van der Waals surface area contributed by atoms with Gasteiger partial charge >= 0.3 is 6.18 Å². The van der Waals surface area contributed by atoms with Crippen molar-refractivity contribution in [3.05, 3.63) is 47.0 Å². The summed E-state index contributed by atoms with van der Waals surface area (Å²) in [5.74, 6) is -0.700. The summed E-state index contributed by atoms with van der Waals surface area (Å²) in [6.07, 6.45) is -0.984. The third-order valence-corrected chi connectivity index (χ3v) is 4.83. The summed E-state index contributed by atoms with van der Waals surface area (Å²) in [6, 6.07) is 4.89. The van der Waals surface area contributed by atoms with Gasteiger partial charge < -0.3 is 10.2 Å². The molecule has 1 aliphatic heterocycles. The molecule has 128 valence electrons. The van der Waals surface area contributed by atoms with Gasteiger partial charge in [-0.3, -0.25) is 4.79 Å². The molecule has 1 aliphatic rings. The Balaban J connectivity index is 1.68. The highest BCUT2D eigenvalue weighted by molar-refractivity contribution is 7.13. The zero-order valence-corrected chi connectivity index (χ0v) is 13.5. The predicted molar refractivity (Wildman–Crippen MR) is 86.3 cm³/mol. The smallest absolute Gasteiger partial charge is 0.350 e. The van der Waals surface area contributed by atoms with E-state index >= 15 is 0 Å². The number of amides is 1. The molecule has 0 unspecified atom stereocenters. The number of halogens is 3. The predicted octanol–water partition coefficient (Wildman–Crippen LogP) is 3.56. The van der Waals surface area contributed by atoms with Gasteiger partial charge in [0.2, 0.25) is 0 Å². The van der Waals surface area contributed by atoms with E-state index in [2.05, 4.69) is 15.2 Å². The fraction of sp³-hybridized carbons (Fsp3) is 0.375. The van der Waals surface area contributed by atoms with Crippen molar-refractivity contribution in [3.8, 4) is 0 Å². The van der Waals surface area contributed by atoms with E-state index in [4.69, 9.17) is 0 Å². The Bertz CT molecular complexity index is 703. The van der Waals surface area contributed by atoms with Gasteiger partial charge in [-0.1, -0.05) is 12.1 Å². The molecule has 2 heterocycles. The average Bonchev–Trinajstić information content (AvgIpc) is 3.22. The van der Waals surface area contributed by atoms with Crippen molar-refractivity contribution in [2.24, 2.45) is 0 Å². The standard InChI is InChI=1S/C16H16F3N3OS/c17-16(18,19)13-6-2-1-5-12(13)14(23)21-10-11-4-3-8-22(11)15-20-7-9-24-15/h1-2,5-7,9,11H,3-4,8,10H2,(H,21,23)/t11-/m1/s1. The molecule has 1 atom stereocenters. The lowest BCUT2D eigenvalue weighted by molar-refractivity contribution is -0.137. The van der Waals surface area contributed by atoms with Crippen LogP contribution in [0, 0.1) is 0 Å². The largest absolute Gasteiger partial charge is 0.417 e. The summed E-state index contributed by atoms with van der Waals surface area (Å²) in [5.41, 5.74) is -1.26. The molecule has 2 aromatic rings. The van der Waals surface area contributed by atoms with Crippen LogP contribution in [0.4, 0.5) is 18.3 Å². The normalized spacial score (nSPS) is 18.0. The van der Waals surface area contributed by atoms with Crippen LogP contribution in [0.3, 0.4) is 0 Å². The Morgan fingerprint density at radius 2 is 2.17 bits per heavy atom. The molecule has 1 aromatic carbocycles. The second kappa shape index (κ2) is 6.80. The Kier molecular flexibility index (Phi) is 4.75. The number of rotatable bonds is 4. The number of benzene rings is 1. The molecular weight excluding hydrogens is 339 g/mol. The van der Waals surface area contributed by atoms with Crippen molar-refractivity contribution in [2.45, 2.75) is 25.1 Å². The summed E-state index contributed by atoms with van der Waals surface area (Å²) in [7, 11) is 0. The maximum atomic E-state index is 13.0. The lowest BCUT2D eigenvalue weighted by atomic mass is 10.1. The number of carbonyl (C=O) groups excluding carboxylic acids is 1. The lowest BCUT2D eigenvalue weighted by Gasteiger charge is -2.24. The zero-order chi connectivity index (χ0) is 17.2. The average molecular weight is 355 g/mol. The number of carbonyl (C=O) groups is 1. The van der Waals surface area contributed by atoms with Gasteiger partial charge in [-0.25, -0.2) is 4.98 Å². The summed E-state index contributed by atoms with van der Waals surface area (Å²) in [4.78, 5) is 18.6. The first kappa shape index (κ1) is 16.8. The zero-order valence-electron chi connectivity index (χ0n) is 12.7. The number of anilines is 1. The van der Waals surface area contributed by atoms with E-state index in [9.17, 15) is 18.0 Å². The van der Waals surface area contributed by atoms with E-state index < -0.39 is 17.6 Å². The molecule has 0 aliphatic carbocycles. The third-order valence-electron chi connectivity index (χ3n) is 4.02. The first-order valence-electron chi connectivity index (χ1n) is 7.57.